The predicted octanol–water partition coefficient (Wildman–Crippen LogP) is 0.510. The number of alkyl halides is 3. The number of carbonyl (C=O) groups is 3. The molecule has 0 aromatic heterocycles. The van der Waals surface area contributed by atoms with Crippen molar-refractivity contribution in [3.8, 4) is 0 Å². The number of amides is 2. The van der Waals surface area contributed by atoms with Crippen molar-refractivity contribution in [1.29, 1.82) is 0 Å². The van der Waals surface area contributed by atoms with Crippen molar-refractivity contribution in [2.45, 2.75) is 75.8 Å². The number of nitrogens with two attached hydrogens (primary N) is 3. The molecule has 0 radical (unpaired) electrons. The van der Waals surface area contributed by atoms with Crippen molar-refractivity contribution in [3.05, 3.63) is 64.7 Å². The van der Waals surface area contributed by atoms with E-state index in [0.717, 1.165) is 23.2 Å². The highest BCUT2D eigenvalue weighted by molar-refractivity contribution is 6.67. The molecule has 3 rings (SSSR count). The highest BCUT2D eigenvalue weighted by Crippen LogP contribution is 2.31. The van der Waals surface area contributed by atoms with E-state index in [0.29, 0.717) is 11.1 Å². The molecule has 1 aliphatic rings. The summed E-state index contributed by atoms with van der Waals surface area (Å²) >= 11 is 0. The maximum absolute atomic E-state index is 13.5. The number of aliphatic hydroxyl groups is 1. The van der Waals surface area contributed by atoms with E-state index in [-0.39, 0.29) is 58.0 Å². The second kappa shape index (κ2) is 14.2. The van der Waals surface area contributed by atoms with Gasteiger partial charge in [0.25, 0.3) is 0 Å². The van der Waals surface area contributed by atoms with Crippen molar-refractivity contribution in [2.75, 3.05) is 19.6 Å². The summed E-state index contributed by atoms with van der Waals surface area (Å²) in [6.07, 6.45) is -4.85. The van der Waals surface area contributed by atoms with Gasteiger partial charge in [0.05, 0.1) is 23.2 Å². The number of nitrogens with one attached hydrogen (secondary N) is 2. The number of carbonyl (C=O) groups excluding carboxylic acids is 3. The Morgan fingerprint density at radius 1 is 1.05 bits per heavy atom. The summed E-state index contributed by atoms with van der Waals surface area (Å²) in [5, 5.41) is 15.2. The van der Waals surface area contributed by atoms with Gasteiger partial charge in [-0.25, -0.2) is 0 Å². The van der Waals surface area contributed by atoms with Gasteiger partial charge < -0.3 is 37.6 Å². The maximum Gasteiger partial charge on any atom is 0.416 e. The van der Waals surface area contributed by atoms with Crippen molar-refractivity contribution in [2.24, 2.45) is 17.2 Å². The standard InChI is InChI=1S/C30H41BF3N5O5/c1-28(2)21-9-6-19(12-22(21)31(3)44-28)14-25(40)24(13-18-4-7-20(8-5-18)30(32,33)34)39-27(42)23(37)10-11-26(41)38-17-29(43,15-35)16-36/h4-9,12,23-24,43H,10-11,13-17,35-37H2,1-3H3,(H,38,41)(H,39,42)/t23-,24+/m0/s1. The van der Waals surface area contributed by atoms with E-state index < -0.39 is 46.8 Å². The maximum atomic E-state index is 13.5. The largest absolute Gasteiger partial charge is 0.422 e. The Labute approximate surface area is 255 Å². The molecule has 0 aliphatic carbocycles. The summed E-state index contributed by atoms with van der Waals surface area (Å²) in [4.78, 5) is 38.8. The molecule has 240 valence electrons. The van der Waals surface area contributed by atoms with Crippen molar-refractivity contribution in [1.82, 2.24) is 10.6 Å². The smallest absolute Gasteiger partial charge is 0.416 e. The molecule has 2 atom stereocenters. The lowest BCUT2D eigenvalue weighted by Gasteiger charge is -2.25. The molecule has 1 aliphatic heterocycles. The summed E-state index contributed by atoms with van der Waals surface area (Å²) in [7, 11) is 0. The first-order valence-corrected chi connectivity index (χ1v) is 14.4. The van der Waals surface area contributed by atoms with Gasteiger partial charge in [0.15, 0.2) is 5.78 Å². The first kappa shape index (κ1) is 35.2. The Kier molecular flexibility index (Phi) is 11.4. The van der Waals surface area contributed by atoms with E-state index in [1.54, 1.807) is 0 Å². The second-order valence-corrected chi connectivity index (χ2v) is 11.8. The molecule has 0 saturated heterocycles. The summed E-state index contributed by atoms with van der Waals surface area (Å²) in [6.45, 7) is 5.19. The number of benzene rings is 2. The van der Waals surface area contributed by atoms with Gasteiger partial charge in [0.2, 0.25) is 11.8 Å². The van der Waals surface area contributed by atoms with Gasteiger partial charge in [-0.3, -0.25) is 14.4 Å². The van der Waals surface area contributed by atoms with Crippen LogP contribution in [-0.2, 0) is 43.7 Å². The third kappa shape index (κ3) is 9.11. The molecule has 2 aromatic rings. The molecule has 0 bridgehead atoms. The Morgan fingerprint density at radius 3 is 2.25 bits per heavy atom. The van der Waals surface area contributed by atoms with Crippen molar-refractivity contribution >= 4 is 30.0 Å². The molecule has 14 heteroatoms. The number of hydrogen-bond donors (Lipinski definition) is 6. The average Bonchev–Trinajstić information content (AvgIpc) is 3.20. The minimum absolute atomic E-state index is 0.0468. The fourth-order valence-electron chi connectivity index (χ4n) is 5.09. The molecule has 0 unspecified atom stereocenters. The predicted molar refractivity (Wildman–Crippen MR) is 161 cm³/mol. The normalized spacial score (nSPS) is 15.8. The fraction of sp³-hybridized carbons (Fsp3) is 0.500. The zero-order chi connectivity index (χ0) is 32.9. The zero-order valence-electron chi connectivity index (χ0n) is 25.2. The Hall–Kier alpha value is -3.30. The molecule has 2 aromatic carbocycles. The number of ketones is 1. The molecule has 0 spiro atoms. The molecule has 0 fully saturated rings. The monoisotopic (exact) mass is 619 g/mol. The quantitative estimate of drug-likeness (QED) is 0.165. The van der Waals surface area contributed by atoms with Crippen LogP contribution in [0, 0.1) is 0 Å². The van der Waals surface area contributed by atoms with Gasteiger partial charge in [-0.15, -0.1) is 0 Å². The van der Waals surface area contributed by atoms with E-state index in [2.05, 4.69) is 10.6 Å². The summed E-state index contributed by atoms with van der Waals surface area (Å²) in [5.41, 5.74) is 17.3. The fourth-order valence-corrected chi connectivity index (χ4v) is 5.09. The van der Waals surface area contributed by atoms with Crippen LogP contribution < -0.4 is 33.3 Å². The van der Waals surface area contributed by atoms with E-state index in [4.69, 9.17) is 21.9 Å². The third-order valence-corrected chi connectivity index (χ3v) is 7.87. The van der Waals surface area contributed by atoms with Crippen LogP contribution in [0.2, 0.25) is 6.82 Å². The highest BCUT2D eigenvalue weighted by Gasteiger charge is 2.38. The molecule has 9 N–H and O–H groups in total. The first-order valence-electron chi connectivity index (χ1n) is 14.4. The topological polar surface area (TPSA) is 183 Å². The zero-order valence-corrected chi connectivity index (χ0v) is 25.2. The van der Waals surface area contributed by atoms with Gasteiger partial charge >= 0.3 is 13.1 Å². The Balaban J connectivity index is 1.71. The van der Waals surface area contributed by atoms with Gasteiger partial charge in [-0.2, -0.15) is 13.2 Å². The van der Waals surface area contributed by atoms with Gasteiger partial charge in [0, 0.05) is 32.5 Å². The van der Waals surface area contributed by atoms with Crippen LogP contribution in [0.3, 0.4) is 0 Å². The van der Waals surface area contributed by atoms with Crippen LogP contribution in [0.15, 0.2) is 42.5 Å². The van der Waals surface area contributed by atoms with Crippen LogP contribution >= 0.6 is 0 Å². The molecule has 10 nitrogen and oxygen atoms in total. The lowest BCUT2D eigenvalue weighted by Crippen LogP contribution is -2.53. The number of halogens is 3. The van der Waals surface area contributed by atoms with E-state index in [1.807, 2.05) is 38.9 Å². The Morgan fingerprint density at radius 2 is 1.66 bits per heavy atom. The minimum Gasteiger partial charge on any atom is -0.422 e. The summed E-state index contributed by atoms with van der Waals surface area (Å²) in [5.74, 6) is -1.54. The number of fused-ring (bicyclic) bond motifs is 1. The SMILES string of the molecule is CB1OC(C)(C)c2ccc(CC(=O)[C@@H](Cc3ccc(C(F)(F)F)cc3)NC(=O)[C@@H](N)CCC(=O)NCC(O)(CN)CN)cc21. The average molecular weight is 619 g/mol. The van der Waals surface area contributed by atoms with E-state index in [9.17, 15) is 32.7 Å². The van der Waals surface area contributed by atoms with Crippen LogP contribution in [0.25, 0.3) is 0 Å². The van der Waals surface area contributed by atoms with Gasteiger partial charge in [-0.05, 0) is 61.0 Å². The number of rotatable bonds is 14. The molecule has 0 saturated carbocycles. The molecular weight excluding hydrogens is 578 g/mol. The summed E-state index contributed by atoms with van der Waals surface area (Å²) < 4.78 is 45.2. The van der Waals surface area contributed by atoms with E-state index >= 15 is 0 Å². The van der Waals surface area contributed by atoms with Crippen molar-refractivity contribution in [3.63, 3.8) is 0 Å². The van der Waals surface area contributed by atoms with Crippen LogP contribution in [0.5, 0.6) is 0 Å². The van der Waals surface area contributed by atoms with E-state index in [1.165, 1.54) is 12.1 Å². The third-order valence-electron chi connectivity index (χ3n) is 7.87. The molecular formula is C30H41BF3N5O5. The lowest BCUT2D eigenvalue weighted by molar-refractivity contribution is -0.137. The Bertz CT molecular complexity index is 1340. The number of Topliss-reactive ketones (excluding diaryl/α,β-unsaturated/α-hetero) is 1. The first-order chi connectivity index (χ1) is 20.5. The second-order valence-electron chi connectivity index (χ2n) is 11.8. The molecule has 1 heterocycles. The lowest BCUT2D eigenvalue weighted by atomic mass is 9.63. The summed E-state index contributed by atoms with van der Waals surface area (Å²) in [6, 6.07) is 7.73. The minimum atomic E-state index is -4.52. The van der Waals surface area contributed by atoms with Crippen LogP contribution in [-0.4, -0.2) is 66.9 Å². The molecule has 2 amide bonds. The van der Waals surface area contributed by atoms with Crippen LogP contribution in [0.4, 0.5) is 13.2 Å². The highest BCUT2D eigenvalue weighted by atomic mass is 19.4. The van der Waals surface area contributed by atoms with Crippen LogP contribution in [0.1, 0.15) is 48.9 Å². The van der Waals surface area contributed by atoms with Gasteiger partial charge in [0.1, 0.15) is 5.60 Å². The van der Waals surface area contributed by atoms with Gasteiger partial charge in [-0.1, -0.05) is 37.2 Å². The van der Waals surface area contributed by atoms with Crippen molar-refractivity contribution < 1.29 is 37.3 Å². The molecule has 44 heavy (non-hydrogen) atoms. The number of hydrogen-bond acceptors (Lipinski definition) is 8.